The van der Waals surface area contributed by atoms with Crippen molar-refractivity contribution in [3.8, 4) is 11.1 Å². The van der Waals surface area contributed by atoms with E-state index < -0.39 is 0 Å². The van der Waals surface area contributed by atoms with Crippen LogP contribution in [0.1, 0.15) is 46.0 Å². The molecular formula is C23H30O2S. The Hall–Kier alpha value is -1.74. The van der Waals surface area contributed by atoms with Crippen molar-refractivity contribution in [1.82, 2.24) is 0 Å². The summed E-state index contributed by atoms with van der Waals surface area (Å²) >= 11 is 1.71. The highest BCUT2D eigenvalue weighted by Gasteiger charge is 2.10. The van der Waals surface area contributed by atoms with Crippen LogP contribution in [0.2, 0.25) is 0 Å². The normalized spacial score (nSPS) is 11.9. The highest BCUT2D eigenvalue weighted by molar-refractivity contribution is 7.99. The predicted molar refractivity (Wildman–Crippen MR) is 111 cm³/mol. The molecule has 140 valence electrons. The van der Waals surface area contributed by atoms with Crippen LogP contribution in [0.4, 0.5) is 0 Å². The molecule has 3 heteroatoms. The minimum atomic E-state index is -0.0756. The molecule has 0 saturated carbocycles. The predicted octanol–water partition coefficient (Wildman–Crippen LogP) is 6.60. The Morgan fingerprint density at radius 3 is 2.35 bits per heavy atom. The number of hydrogen-bond donors (Lipinski definition) is 0. The molecule has 1 unspecified atom stereocenters. The third-order valence-corrected chi connectivity index (χ3v) is 5.57. The molecule has 2 aromatic carbocycles. The second-order valence-electron chi connectivity index (χ2n) is 6.59. The molecule has 26 heavy (non-hydrogen) atoms. The zero-order valence-electron chi connectivity index (χ0n) is 15.9. The molecule has 0 N–H and O–H groups in total. The summed E-state index contributed by atoms with van der Waals surface area (Å²) in [6.45, 7) is 4.94. The van der Waals surface area contributed by atoms with Crippen LogP contribution in [-0.2, 0) is 9.53 Å². The van der Waals surface area contributed by atoms with Crippen LogP contribution in [0.5, 0.6) is 0 Å². The minimum absolute atomic E-state index is 0.0756. The Bertz CT molecular complexity index is 637. The van der Waals surface area contributed by atoms with E-state index in [0.29, 0.717) is 18.9 Å². The molecule has 0 bridgehead atoms. The van der Waals surface area contributed by atoms with E-state index in [1.807, 2.05) is 6.07 Å². The monoisotopic (exact) mass is 370 g/mol. The zero-order chi connectivity index (χ0) is 18.6. The Kier molecular flexibility index (Phi) is 9.33. The largest absolute Gasteiger partial charge is 0.465 e. The van der Waals surface area contributed by atoms with E-state index in [2.05, 4.69) is 62.4 Å². The number of hydrogen-bond acceptors (Lipinski definition) is 3. The van der Waals surface area contributed by atoms with Crippen molar-refractivity contribution in [1.29, 1.82) is 0 Å². The minimum Gasteiger partial charge on any atom is -0.465 e. The van der Waals surface area contributed by atoms with E-state index in [1.54, 1.807) is 11.8 Å². The van der Waals surface area contributed by atoms with Crippen molar-refractivity contribution < 1.29 is 9.53 Å². The van der Waals surface area contributed by atoms with Gasteiger partial charge in [0.15, 0.2) is 0 Å². The lowest BCUT2D eigenvalue weighted by Crippen LogP contribution is -2.14. The Labute approximate surface area is 162 Å². The van der Waals surface area contributed by atoms with Gasteiger partial charge in [-0.3, -0.25) is 4.79 Å². The maximum Gasteiger partial charge on any atom is 0.306 e. The molecule has 2 rings (SSSR count). The SMILES string of the molecule is CCCCC(CC)COC(=O)CCSc1ccc(-c2ccccc2)cc1. The van der Waals surface area contributed by atoms with Crippen molar-refractivity contribution in [3.05, 3.63) is 54.6 Å². The number of carbonyl (C=O) groups is 1. The maximum absolute atomic E-state index is 11.9. The standard InChI is InChI=1S/C23H30O2S/c1-3-5-9-19(4-2)18-25-23(24)16-17-26-22-14-12-21(13-15-22)20-10-7-6-8-11-20/h6-8,10-15,19H,3-5,9,16-18H2,1-2H3. The molecule has 0 amide bonds. The summed E-state index contributed by atoms with van der Waals surface area (Å²) < 4.78 is 5.45. The summed E-state index contributed by atoms with van der Waals surface area (Å²) in [7, 11) is 0. The smallest absolute Gasteiger partial charge is 0.306 e. The molecule has 2 aromatic rings. The molecule has 2 nitrogen and oxygen atoms in total. The van der Waals surface area contributed by atoms with Gasteiger partial charge in [-0.2, -0.15) is 0 Å². The molecule has 0 aliphatic heterocycles. The third-order valence-electron chi connectivity index (χ3n) is 4.56. The van der Waals surface area contributed by atoms with Gasteiger partial charge in [0, 0.05) is 10.6 Å². The summed E-state index contributed by atoms with van der Waals surface area (Å²) in [5.41, 5.74) is 2.44. The van der Waals surface area contributed by atoms with Gasteiger partial charge in [-0.05, 0) is 35.6 Å². The van der Waals surface area contributed by atoms with E-state index in [9.17, 15) is 4.79 Å². The van der Waals surface area contributed by atoms with Crippen molar-refractivity contribution >= 4 is 17.7 Å². The van der Waals surface area contributed by atoms with Gasteiger partial charge in [0.05, 0.1) is 13.0 Å². The number of carbonyl (C=O) groups excluding carboxylic acids is 1. The molecule has 1 atom stereocenters. The van der Waals surface area contributed by atoms with Crippen molar-refractivity contribution in [2.75, 3.05) is 12.4 Å². The molecule has 0 radical (unpaired) electrons. The van der Waals surface area contributed by atoms with Crippen molar-refractivity contribution in [2.24, 2.45) is 5.92 Å². The summed E-state index contributed by atoms with van der Waals surface area (Å²) in [6, 6.07) is 18.9. The molecule has 0 saturated heterocycles. The van der Waals surface area contributed by atoms with Gasteiger partial charge < -0.3 is 4.74 Å². The van der Waals surface area contributed by atoms with Gasteiger partial charge in [0.2, 0.25) is 0 Å². The fourth-order valence-electron chi connectivity index (χ4n) is 2.81. The summed E-state index contributed by atoms with van der Waals surface area (Å²) in [6.07, 6.45) is 5.11. The number of benzene rings is 2. The zero-order valence-corrected chi connectivity index (χ0v) is 16.8. The lowest BCUT2D eigenvalue weighted by atomic mass is 10.0. The maximum atomic E-state index is 11.9. The lowest BCUT2D eigenvalue weighted by molar-refractivity contribution is -0.144. The van der Waals surface area contributed by atoms with E-state index in [4.69, 9.17) is 4.74 Å². The van der Waals surface area contributed by atoms with Crippen LogP contribution in [-0.4, -0.2) is 18.3 Å². The van der Waals surface area contributed by atoms with E-state index >= 15 is 0 Å². The molecule has 0 aromatic heterocycles. The average molecular weight is 371 g/mol. The Morgan fingerprint density at radius 2 is 1.69 bits per heavy atom. The van der Waals surface area contributed by atoms with E-state index in [-0.39, 0.29) is 5.97 Å². The third kappa shape index (κ3) is 7.25. The Morgan fingerprint density at radius 1 is 1.00 bits per heavy atom. The van der Waals surface area contributed by atoms with Crippen LogP contribution in [0, 0.1) is 5.92 Å². The van der Waals surface area contributed by atoms with Gasteiger partial charge in [-0.1, -0.05) is 75.6 Å². The van der Waals surface area contributed by atoms with Gasteiger partial charge in [0.1, 0.15) is 0 Å². The number of unbranched alkanes of at least 4 members (excludes halogenated alkanes) is 1. The number of rotatable bonds is 11. The van der Waals surface area contributed by atoms with Crippen LogP contribution in [0.3, 0.4) is 0 Å². The van der Waals surface area contributed by atoms with Crippen LogP contribution >= 0.6 is 11.8 Å². The molecular weight excluding hydrogens is 340 g/mol. The average Bonchev–Trinajstić information content (AvgIpc) is 2.69. The topological polar surface area (TPSA) is 26.3 Å². The van der Waals surface area contributed by atoms with Crippen molar-refractivity contribution in [3.63, 3.8) is 0 Å². The van der Waals surface area contributed by atoms with Crippen LogP contribution in [0.25, 0.3) is 11.1 Å². The number of esters is 1. The van der Waals surface area contributed by atoms with Gasteiger partial charge >= 0.3 is 5.97 Å². The van der Waals surface area contributed by atoms with Gasteiger partial charge in [0.25, 0.3) is 0 Å². The summed E-state index contributed by atoms with van der Waals surface area (Å²) in [5, 5.41) is 0. The molecule has 0 heterocycles. The van der Waals surface area contributed by atoms with E-state index in [1.165, 1.54) is 28.9 Å². The quantitative estimate of drug-likeness (QED) is 0.329. The lowest BCUT2D eigenvalue weighted by Gasteiger charge is -2.14. The van der Waals surface area contributed by atoms with Gasteiger partial charge in [-0.15, -0.1) is 11.8 Å². The van der Waals surface area contributed by atoms with Crippen LogP contribution in [0.15, 0.2) is 59.5 Å². The fourth-order valence-corrected chi connectivity index (χ4v) is 3.64. The second kappa shape index (κ2) is 11.8. The highest BCUT2D eigenvalue weighted by Crippen LogP contribution is 2.24. The first-order valence-electron chi connectivity index (χ1n) is 9.66. The fraction of sp³-hybridized carbons (Fsp3) is 0.435. The summed E-state index contributed by atoms with van der Waals surface area (Å²) in [4.78, 5) is 13.1. The number of thioether (sulfide) groups is 1. The summed E-state index contributed by atoms with van der Waals surface area (Å²) in [5.74, 6) is 1.19. The number of ether oxygens (including phenoxy) is 1. The highest BCUT2D eigenvalue weighted by atomic mass is 32.2. The molecule has 0 spiro atoms. The van der Waals surface area contributed by atoms with E-state index in [0.717, 1.165) is 18.6 Å². The molecule has 0 aliphatic rings. The first-order valence-corrected chi connectivity index (χ1v) is 10.6. The van der Waals surface area contributed by atoms with Crippen molar-refractivity contribution in [2.45, 2.75) is 50.8 Å². The first kappa shape index (κ1) is 20.6. The Balaban J connectivity index is 1.69. The van der Waals surface area contributed by atoms with Crippen LogP contribution < -0.4 is 0 Å². The second-order valence-corrected chi connectivity index (χ2v) is 7.76. The molecule has 0 fully saturated rings. The first-order chi connectivity index (χ1) is 12.7. The van der Waals surface area contributed by atoms with Gasteiger partial charge in [-0.25, -0.2) is 0 Å². The molecule has 0 aliphatic carbocycles.